The maximum atomic E-state index is 12.4. The van der Waals surface area contributed by atoms with Crippen LogP contribution in [-0.4, -0.2) is 17.4 Å². The molecular formula is C22H20N2O2S. The van der Waals surface area contributed by atoms with Crippen molar-refractivity contribution in [2.24, 2.45) is 0 Å². The highest BCUT2D eigenvalue weighted by Crippen LogP contribution is 2.19. The summed E-state index contributed by atoms with van der Waals surface area (Å²) in [5.74, 6) is 0.611. The molecule has 0 saturated heterocycles. The number of thiophene rings is 1. The lowest BCUT2D eigenvalue weighted by atomic mass is 10.1. The van der Waals surface area contributed by atoms with E-state index in [1.165, 1.54) is 10.4 Å². The number of oxazole rings is 1. The topological polar surface area (TPSA) is 55.1 Å². The van der Waals surface area contributed by atoms with Crippen LogP contribution in [0.25, 0.3) is 11.1 Å². The third-order valence-corrected chi connectivity index (χ3v) is 5.34. The minimum absolute atomic E-state index is 0.0873. The number of aryl methyl sites for hydroxylation is 2. The standard InChI is InChI=1S/C22H20N2O2S/c25-22(23-13-12-18-7-4-14-27-18)17-9-10-19-20(15-17)26-21(24-19)11-8-16-5-2-1-3-6-16/h1-7,9-10,14-15H,8,11-13H2,(H,23,25). The second-order valence-corrected chi connectivity index (χ2v) is 7.39. The van der Waals surface area contributed by atoms with E-state index < -0.39 is 0 Å². The summed E-state index contributed by atoms with van der Waals surface area (Å²) in [6, 6.07) is 19.8. The molecular weight excluding hydrogens is 356 g/mol. The van der Waals surface area contributed by atoms with Crippen LogP contribution in [0.4, 0.5) is 0 Å². The van der Waals surface area contributed by atoms with Gasteiger partial charge in [-0.25, -0.2) is 4.98 Å². The molecule has 27 heavy (non-hydrogen) atoms. The normalized spacial score (nSPS) is 11.0. The van der Waals surface area contributed by atoms with Gasteiger partial charge < -0.3 is 9.73 Å². The average Bonchev–Trinajstić information content (AvgIpc) is 3.36. The van der Waals surface area contributed by atoms with Crippen LogP contribution in [-0.2, 0) is 19.3 Å². The Balaban J connectivity index is 1.38. The largest absolute Gasteiger partial charge is 0.441 e. The predicted octanol–water partition coefficient (Wildman–Crippen LogP) is 4.65. The molecule has 0 radical (unpaired) electrons. The summed E-state index contributed by atoms with van der Waals surface area (Å²) in [6.07, 6.45) is 2.46. The summed E-state index contributed by atoms with van der Waals surface area (Å²) in [4.78, 5) is 18.2. The fourth-order valence-electron chi connectivity index (χ4n) is 2.97. The van der Waals surface area contributed by atoms with Gasteiger partial charge >= 0.3 is 0 Å². The lowest BCUT2D eigenvalue weighted by Crippen LogP contribution is -2.25. The van der Waals surface area contributed by atoms with Gasteiger partial charge in [-0.2, -0.15) is 0 Å². The zero-order chi connectivity index (χ0) is 18.5. The van der Waals surface area contributed by atoms with Crippen molar-refractivity contribution in [2.75, 3.05) is 6.54 Å². The van der Waals surface area contributed by atoms with Gasteiger partial charge in [0.2, 0.25) is 0 Å². The highest BCUT2D eigenvalue weighted by atomic mass is 32.1. The Morgan fingerprint density at radius 3 is 2.70 bits per heavy atom. The van der Waals surface area contributed by atoms with E-state index in [9.17, 15) is 4.79 Å². The van der Waals surface area contributed by atoms with Crippen LogP contribution in [0, 0.1) is 0 Å². The zero-order valence-corrected chi connectivity index (χ0v) is 15.7. The van der Waals surface area contributed by atoms with Crippen molar-refractivity contribution in [3.05, 3.63) is 87.9 Å². The Kier molecular flexibility index (Phi) is 5.30. The van der Waals surface area contributed by atoms with E-state index in [1.807, 2.05) is 35.7 Å². The number of hydrogen-bond acceptors (Lipinski definition) is 4. The van der Waals surface area contributed by atoms with Crippen molar-refractivity contribution >= 4 is 28.3 Å². The third kappa shape index (κ3) is 4.44. The summed E-state index contributed by atoms with van der Waals surface area (Å²) in [7, 11) is 0. The van der Waals surface area contributed by atoms with Crippen LogP contribution in [0.2, 0.25) is 0 Å². The van der Waals surface area contributed by atoms with Gasteiger partial charge in [-0.15, -0.1) is 11.3 Å². The first-order valence-corrected chi connectivity index (χ1v) is 9.90. The second kappa shape index (κ2) is 8.18. The Morgan fingerprint density at radius 1 is 1.00 bits per heavy atom. The van der Waals surface area contributed by atoms with Gasteiger partial charge in [0.15, 0.2) is 11.5 Å². The summed E-state index contributed by atoms with van der Waals surface area (Å²) >= 11 is 1.70. The number of amides is 1. The van der Waals surface area contributed by atoms with Gasteiger partial charge in [-0.1, -0.05) is 36.4 Å². The molecule has 0 aliphatic carbocycles. The minimum Gasteiger partial charge on any atom is -0.441 e. The second-order valence-electron chi connectivity index (χ2n) is 6.36. The van der Waals surface area contributed by atoms with Crippen molar-refractivity contribution in [3.8, 4) is 0 Å². The SMILES string of the molecule is O=C(NCCc1cccs1)c1ccc2nc(CCc3ccccc3)oc2c1. The predicted molar refractivity (Wildman–Crippen MR) is 108 cm³/mol. The lowest BCUT2D eigenvalue weighted by Gasteiger charge is -2.04. The van der Waals surface area contributed by atoms with E-state index in [1.54, 1.807) is 23.5 Å². The highest BCUT2D eigenvalue weighted by molar-refractivity contribution is 7.09. The van der Waals surface area contributed by atoms with Gasteiger partial charge in [0, 0.05) is 23.4 Å². The van der Waals surface area contributed by atoms with Gasteiger partial charge in [-0.3, -0.25) is 4.79 Å². The van der Waals surface area contributed by atoms with Crippen LogP contribution >= 0.6 is 11.3 Å². The van der Waals surface area contributed by atoms with E-state index in [4.69, 9.17) is 4.42 Å². The molecule has 4 rings (SSSR count). The number of hydrogen-bond donors (Lipinski definition) is 1. The van der Waals surface area contributed by atoms with Gasteiger partial charge in [0.25, 0.3) is 5.91 Å². The maximum Gasteiger partial charge on any atom is 0.251 e. The average molecular weight is 376 g/mol. The fourth-order valence-corrected chi connectivity index (χ4v) is 3.68. The molecule has 0 aliphatic rings. The number of carbonyl (C=O) groups excluding carboxylic acids is 1. The smallest absolute Gasteiger partial charge is 0.251 e. The van der Waals surface area contributed by atoms with Crippen molar-refractivity contribution in [3.63, 3.8) is 0 Å². The Labute approximate surface area is 161 Å². The van der Waals surface area contributed by atoms with E-state index in [0.29, 0.717) is 23.6 Å². The summed E-state index contributed by atoms with van der Waals surface area (Å²) in [5, 5.41) is 5.01. The van der Waals surface area contributed by atoms with Gasteiger partial charge in [0.05, 0.1) is 0 Å². The Hall–Kier alpha value is -2.92. The molecule has 0 bridgehead atoms. The molecule has 5 heteroatoms. The molecule has 2 aromatic carbocycles. The molecule has 4 aromatic rings. The number of nitrogens with one attached hydrogen (secondary N) is 1. The fraction of sp³-hybridized carbons (Fsp3) is 0.182. The van der Waals surface area contributed by atoms with Crippen molar-refractivity contribution in [1.29, 1.82) is 0 Å². The number of aromatic nitrogens is 1. The number of fused-ring (bicyclic) bond motifs is 1. The van der Waals surface area contributed by atoms with E-state index in [2.05, 4.69) is 28.5 Å². The van der Waals surface area contributed by atoms with Crippen LogP contribution in [0.5, 0.6) is 0 Å². The molecule has 0 unspecified atom stereocenters. The van der Waals surface area contributed by atoms with E-state index in [-0.39, 0.29) is 5.91 Å². The molecule has 0 fully saturated rings. The summed E-state index contributed by atoms with van der Waals surface area (Å²) in [6.45, 7) is 0.621. The molecule has 0 spiro atoms. The van der Waals surface area contributed by atoms with Crippen molar-refractivity contribution in [1.82, 2.24) is 10.3 Å². The molecule has 0 saturated carbocycles. The molecule has 1 amide bonds. The number of carbonyl (C=O) groups is 1. The van der Waals surface area contributed by atoms with Gasteiger partial charge in [0.1, 0.15) is 5.52 Å². The molecule has 2 heterocycles. The van der Waals surface area contributed by atoms with Crippen LogP contribution in [0.3, 0.4) is 0 Å². The molecule has 2 aromatic heterocycles. The molecule has 136 valence electrons. The Morgan fingerprint density at radius 2 is 1.89 bits per heavy atom. The van der Waals surface area contributed by atoms with E-state index >= 15 is 0 Å². The first-order chi connectivity index (χ1) is 13.3. The summed E-state index contributed by atoms with van der Waals surface area (Å²) in [5.41, 5.74) is 3.29. The molecule has 1 N–H and O–H groups in total. The third-order valence-electron chi connectivity index (χ3n) is 4.40. The summed E-state index contributed by atoms with van der Waals surface area (Å²) < 4.78 is 5.85. The minimum atomic E-state index is -0.0873. The number of rotatable bonds is 7. The monoisotopic (exact) mass is 376 g/mol. The number of benzene rings is 2. The molecule has 0 aliphatic heterocycles. The zero-order valence-electron chi connectivity index (χ0n) is 14.9. The molecule has 0 atom stereocenters. The highest BCUT2D eigenvalue weighted by Gasteiger charge is 2.11. The van der Waals surface area contributed by atoms with Crippen LogP contribution in [0.1, 0.15) is 26.7 Å². The first-order valence-electron chi connectivity index (χ1n) is 9.02. The lowest BCUT2D eigenvalue weighted by molar-refractivity contribution is 0.0954. The quantitative estimate of drug-likeness (QED) is 0.511. The molecule has 4 nitrogen and oxygen atoms in total. The van der Waals surface area contributed by atoms with Crippen LogP contribution in [0.15, 0.2) is 70.5 Å². The number of nitrogens with zero attached hydrogens (tertiary/aromatic N) is 1. The van der Waals surface area contributed by atoms with Crippen LogP contribution < -0.4 is 5.32 Å². The first kappa shape index (κ1) is 17.5. The van der Waals surface area contributed by atoms with Crippen molar-refractivity contribution < 1.29 is 9.21 Å². The van der Waals surface area contributed by atoms with Crippen molar-refractivity contribution in [2.45, 2.75) is 19.3 Å². The van der Waals surface area contributed by atoms with Gasteiger partial charge in [-0.05, 0) is 48.1 Å². The Bertz CT molecular complexity index is 1020. The van der Waals surface area contributed by atoms with E-state index in [0.717, 1.165) is 24.8 Å². The maximum absolute atomic E-state index is 12.4.